The fourth-order valence-corrected chi connectivity index (χ4v) is 5.26. The highest BCUT2D eigenvalue weighted by Gasteiger charge is 2.30. The Hall–Kier alpha value is -2.77. The van der Waals surface area contributed by atoms with Crippen molar-refractivity contribution in [1.82, 2.24) is 25.8 Å². The van der Waals surface area contributed by atoms with E-state index in [9.17, 15) is 14.4 Å². The minimum Gasteiger partial charge on any atom is -0.380 e. The molecule has 2 aliphatic heterocycles. The third-order valence-corrected chi connectivity index (χ3v) is 7.52. The number of carbonyl (C=O) groups is 3. The molecule has 2 amide bonds. The van der Waals surface area contributed by atoms with Gasteiger partial charge >= 0.3 is 0 Å². The molecule has 9 nitrogen and oxygen atoms in total. The van der Waals surface area contributed by atoms with Crippen LogP contribution >= 0.6 is 0 Å². The van der Waals surface area contributed by atoms with Crippen molar-refractivity contribution in [1.29, 1.82) is 0 Å². The quantitative estimate of drug-likeness (QED) is 0.156. The minimum atomic E-state index is -0.305. The predicted octanol–water partition coefficient (Wildman–Crippen LogP) is 1.43. The largest absolute Gasteiger partial charge is 0.380 e. The molecule has 214 valence electrons. The number of likely N-dealkylation sites (N-methyl/N-ethyl adjacent to an activating group) is 1. The molecule has 1 aromatic carbocycles. The zero-order chi connectivity index (χ0) is 27.7. The highest BCUT2D eigenvalue weighted by atomic mass is 16.5. The Labute approximate surface area is 233 Å². The zero-order valence-corrected chi connectivity index (χ0v) is 23.4. The van der Waals surface area contributed by atoms with E-state index in [1.807, 2.05) is 6.07 Å². The topological polar surface area (TPSA) is 103 Å². The van der Waals surface area contributed by atoms with E-state index in [-0.39, 0.29) is 11.9 Å². The summed E-state index contributed by atoms with van der Waals surface area (Å²) >= 11 is 0. The van der Waals surface area contributed by atoms with Crippen LogP contribution < -0.4 is 16.0 Å². The molecular weight excluding hydrogens is 494 g/mol. The second kappa shape index (κ2) is 17.7. The minimum absolute atomic E-state index is 0.0439. The normalized spacial score (nSPS) is 16.6. The van der Waals surface area contributed by atoms with Gasteiger partial charge < -0.3 is 30.4 Å². The fourth-order valence-electron chi connectivity index (χ4n) is 5.26. The third kappa shape index (κ3) is 10.4. The summed E-state index contributed by atoms with van der Waals surface area (Å²) < 4.78 is 5.79. The Morgan fingerprint density at radius 3 is 2.74 bits per heavy atom. The van der Waals surface area contributed by atoms with E-state index in [2.05, 4.69) is 49.7 Å². The number of nitrogens with one attached hydrogen (secondary N) is 3. The molecule has 3 rings (SSSR count). The molecule has 0 spiro atoms. The van der Waals surface area contributed by atoms with Crippen molar-refractivity contribution in [3.63, 3.8) is 0 Å². The summed E-state index contributed by atoms with van der Waals surface area (Å²) in [5.41, 5.74) is 3.44. The van der Waals surface area contributed by atoms with Gasteiger partial charge in [-0.15, -0.1) is 0 Å². The van der Waals surface area contributed by atoms with Gasteiger partial charge in [0.15, 0.2) is 0 Å². The average molecular weight is 540 g/mol. The number of carbonyl (C=O) groups excluding carboxylic acids is 3. The molecule has 39 heavy (non-hydrogen) atoms. The Morgan fingerprint density at radius 2 is 1.97 bits per heavy atom. The molecule has 0 saturated carbocycles. The number of hydrogen-bond donors (Lipinski definition) is 3. The number of amides is 2. The van der Waals surface area contributed by atoms with E-state index in [4.69, 9.17) is 4.74 Å². The van der Waals surface area contributed by atoms with Crippen molar-refractivity contribution in [3.8, 4) is 11.8 Å². The molecular formula is C30H45N5O4. The summed E-state index contributed by atoms with van der Waals surface area (Å²) in [6.07, 6.45) is 7.44. The first-order valence-corrected chi connectivity index (χ1v) is 14.4. The van der Waals surface area contributed by atoms with Crippen LogP contribution in [0.1, 0.15) is 61.6 Å². The van der Waals surface area contributed by atoms with Crippen LogP contribution in [0.3, 0.4) is 0 Å². The van der Waals surface area contributed by atoms with Gasteiger partial charge in [-0.3, -0.25) is 14.5 Å². The number of hydrogen-bond acceptors (Lipinski definition) is 7. The number of ether oxygens (including phenoxy) is 1. The third-order valence-electron chi connectivity index (χ3n) is 7.52. The van der Waals surface area contributed by atoms with Crippen LogP contribution in [-0.2, 0) is 32.2 Å². The van der Waals surface area contributed by atoms with Gasteiger partial charge in [0.2, 0.25) is 12.3 Å². The monoisotopic (exact) mass is 539 g/mol. The van der Waals surface area contributed by atoms with Crippen molar-refractivity contribution >= 4 is 18.6 Å². The van der Waals surface area contributed by atoms with Crippen LogP contribution in [0.5, 0.6) is 0 Å². The maximum absolute atomic E-state index is 12.4. The van der Waals surface area contributed by atoms with Crippen LogP contribution in [0, 0.1) is 11.8 Å². The average Bonchev–Trinajstić information content (AvgIpc) is 3.39. The van der Waals surface area contributed by atoms with Crippen molar-refractivity contribution in [2.75, 3.05) is 53.0 Å². The smallest absolute Gasteiger partial charge is 0.237 e. The molecule has 3 N–H and O–H groups in total. The van der Waals surface area contributed by atoms with E-state index in [0.717, 1.165) is 96.3 Å². The van der Waals surface area contributed by atoms with E-state index in [1.165, 1.54) is 11.1 Å². The van der Waals surface area contributed by atoms with Gasteiger partial charge in [-0.2, -0.15) is 0 Å². The van der Waals surface area contributed by atoms with Gasteiger partial charge in [0.1, 0.15) is 6.29 Å². The molecule has 1 aromatic rings. The van der Waals surface area contributed by atoms with Crippen molar-refractivity contribution in [3.05, 3.63) is 34.9 Å². The van der Waals surface area contributed by atoms with Gasteiger partial charge in [-0.05, 0) is 62.4 Å². The van der Waals surface area contributed by atoms with Gasteiger partial charge in [0.25, 0.3) is 0 Å². The Kier molecular flexibility index (Phi) is 14.0. The zero-order valence-electron chi connectivity index (χ0n) is 23.4. The maximum atomic E-state index is 12.4. The Bertz CT molecular complexity index is 968. The molecule has 9 heteroatoms. The van der Waals surface area contributed by atoms with Gasteiger partial charge in [-0.1, -0.05) is 24.0 Å². The molecule has 0 radical (unpaired) electrons. The van der Waals surface area contributed by atoms with Gasteiger partial charge in [0, 0.05) is 70.8 Å². The standard InChI is InChI=1S/C30H45N5O4/c1-31-30(38)29(11-6-19-36)35-22-26-10-5-9-25(28(26)23-35)8-3-2-4-14-32-15-7-20-39-21-18-34-16-12-27(13-17-34)33-24-37/h5,9-10,19,24,27,29,32H,2,4,6-7,11-18,20-23H2,1H3,(H,31,38)(H,33,37). The lowest BCUT2D eigenvalue weighted by atomic mass is 10.0. The van der Waals surface area contributed by atoms with Crippen molar-refractivity contribution in [2.45, 2.75) is 70.1 Å². The number of unbranched alkanes of at least 4 members (excludes halogenated alkanes) is 1. The summed E-state index contributed by atoms with van der Waals surface area (Å²) in [4.78, 5) is 38.3. The predicted molar refractivity (Wildman–Crippen MR) is 152 cm³/mol. The van der Waals surface area contributed by atoms with Crippen molar-refractivity contribution < 1.29 is 19.1 Å². The van der Waals surface area contributed by atoms with Gasteiger partial charge in [0.05, 0.1) is 12.6 Å². The molecule has 1 unspecified atom stereocenters. The molecule has 2 aliphatic rings. The second-order valence-electron chi connectivity index (χ2n) is 10.2. The van der Waals surface area contributed by atoms with Crippen LogP contribution in [0.25, 0.3) is 0 Å². The Balaban J connectivity index is 1.26. The second-order valence-corrected chi connectivity index (χ2v) is 10.2. The van der Waals surface area contributed by atoms with E-state index < -0.39 is 0 Å². The number of nitrogens with zero attached hydrogens (tertiary/aromatic N) is 2. The summed E-state index contributed by atoms with van der Waals surface area (Å²) in [7, 11) is 1.64. The molecule has 1 atom stereocenters. The summed E-state index contributed by atoms with van der Waals surface area (Å²) in [6.45, 7) is 7.77. The summed E-state index contributed by atoms with van der Waals surface area (Å²) in [5.74, 6) is 6.62. The number of aldehydes is 1. The van der Waals surface area contributed by atoms with E-state index in [1.54, 1.807) is 7.05 Å². The molecule has 1 saturated heterocycles. The lowest BCUT2D eigenvalue weighted by molar-refractivity contribution is -0.126. The van der Waals surface area contributed by atoms with Crippen LogP contribution in [0.2, 0.25) is 0 Å². The maximum Gasteiger partial charge on any atom is 0.237 e. The highest BCUT2D eigenvalue weighted by Crippen LogP contribution is 2.28. The number of fused-ring (bicyclic) bond motifs is 1. The van der Waals surface area contributed by atoms with E-state index >= 15 is 0 Å². The first kappa shape index (κ1) is 30.8. The van der Waals surface area contributed by atoms with Crippen molar-refractivity contribution in [2.24, 2.45) is 0 Å². The molecule has 0 bridgehead atoms. The van der Waals surface area contributed by atoms with Crippen LogP contribution in [0.15, 0.2) is 18.2 Å². The highest BCUT2D eigenvalue weighted by molar-refractivity contribution is 5.81. The lowest BCUT2D eigenvalue weighted by Crippen LogP contribution is -2.43. The first-order chi connectivity index (χ1) is 19.2. The van der Waals surface area contributed by atoms with Gasteiger partial charge in [-0.25, -0.2) is 0 Å². The molecule has 2 heterocycles. The summed E-state index contributed by atoms with van der Waals surface area (Å²) in [5, 5.41) is 9.08. The lowest BCUT2D eigenvalue weighted by Gasteiger charge is -2.31. The number of likely N-dealkylation sites (tertiary alicyclic amines) is 1. The molecule has 0 aliphatic carbocycles. The SMILES string of the molecule is CNC(=O)C(CCC=O)N1Cc2cccc(C#CCCCNCCCOCCN3CCC(NC=O)CC3)c2C1. The molecule has 1 fully saturated rings. The number of benzene rings is 1. The first-order valence-electron chi connectivity index (χ1n) is 14.4. The number of rotatable bonds is 17. The summed E-state index contributed by atoms with van der Waals surface area (Å²) in [6, 6.07) is 6.22. The van der Waals surface area contributed by atoms with E-state index in [0.29, 0.717) is 32.0 Å². The number of piperidine rings is 1. The molecule has 0 aromatic heterocycles. The van der Waals surface area contributed by atoms with Crippen LogP contribution in [0.4, 0.5) is 0 Å². The fraction of sp³-hybridized carbons (Fsp3) is 0.633. The van der Waals surface area contributed by atoms with Crippen LogP contribution in [-0.4, -0.2) is 93.5 Å². The Morgan fingerprint density at radius 1 is 1.15 bits per heavy atom.